The van der Waals surface area contributed by atoms with Crippen molar-refractivity contribution in [2.24, 2.45) is 0 Å². The highest BCUT2D eigenvalue weighted by Crippen LogP contribution is 2.18. The van der Waals surface area contributed by atoms with Crippen molar-refractivity contribution in [3.8, 4) is 0 Å². The molecule has 0 bridgehead atoms. The average molecular weight is 299 g/mol. The van der Waals surface area contributed by atoms with Crippen LogP contribution in [0, 0.1) is 11.6 Å². The third-order valence-electron chi connectivity index (χ3n) is 1.78. The molecule has 0 saturated carbocycles. The van der Waals surface area contributed by atoms with Crippen LogP contribution < -0.4 is 0 Å². The van der Waals surface area contributed by atoms with Gasteiger partial charge in [-0.3, -0.25) is 0 Å². The van der Waals surface area contributed by atoms with Crippen LogP contribution in [0.3, 0.4) is 0 Å². The molecule has 0 N–H and O–H groups in total. The Bertz CT molecular complexity index is 445. The summed E-state index contributed by atoms with van der Waals surface area (Å²) in [6.07, 6.45) is 0.359. The van der Waals surface area contributed by atoms with Crippen LogP contribution in [0.1, 0.15) is 6.42 Å². The van der Waals surface area contributed by atoms with Gasteiger partial charge in [-0.15, -0.1) is 0 Å². The lowest BCUT2D eigenvalue weighted by molar-refractivity contribution is 0.552. The van der Waals surface area contributed by atoms with E-state index in [1.54, 1.807) is 0 Å². The van der Waals surface area contributed by atoms with E-state index in [0.717, 1.165) is 12.1 Å². The Labute approximate surface area is 95.4 Å². The Morgan fingerprint density at radius 2 is 1.93 bits per heavy atom. The molecule has 0 aliphatic rings. The van der Waals surface area contributed by atoms with Crippen LogP contribution in [0.15, 0.2) is 23.1 Å². The molecule has 15 heavy (non-hydrogen) atoms. The Balaban J connectivity index is 3.09. The van der Waals surface area contributed by atoms with Crippen LogP contribution in [0.5, 0.6) is 0 Å². The molecule has 84 valence electrons. The number of halogens is 3. The summed E-state index contributed by atoms with van der Waals surface area (Å²) in [5.41, 5.74) is 0. The van der Waals surface area contributed by atoms with Crippen LogP contribution in [0.25, 0.3) is 0 Å². The highest BCUT2D eigenvalue weighted by molar-refractivity contribution is 9.09. The van der Waals surface area contributed by atoms with Crippen molar-refractivity contribution in [3.63, 3.8) is 0 Å². The molecule has 0 unspecified atom stereocenters. The summed E-state index contributed by atoms with van der Waals surface area (Å²) in [4.78, 5) is -0.566. The Kier molecular flexibility index (Phi) is 4.21. The molecule has 0 spiro atoms. The molecular formula is C9H9BrF2O2S. The summed E-state index contributed by atoms with van der Waals surface area (Å²) in [6.45, 7) is 0. The van der Waals surface area contributed by atoms with Gasteiger partial charge in [-0.25, -0.2) is 17.2 Å². The van der Waals surface area contributed by atoms with Crippen molar-refractivity contribution in [1.29, 1.82) is 0 Å². The van der Waals surface area contributed by atoms with E-state index in [1.807, 2.05) is 0 Å². The molecule has 0 fully saturated rings. The maximum absolute atomic E-state index is 13.1. The van der Waals surface area contributed by atoms with Crippen LogP contribution in [0.2, 0.25) is 0 Å². The molecule has 1 rings (SSSR count). The van der Waals surface area contributed by atoms with E-state index in [-0.39, 0.29) is 5.75 Å². The smallest absolute Gasteiger partial charge is 0.181 e. The van der Waals surface area contributed by atoms with E-state index in [4.69, 9.17) is 0 Å². The Hall–Kier alpha value is -0.490. The van der Waals surface area contributed by atoms with Crippen molar-refractivity contribution in [3.05, 3.63) is 29.8 Å². The topological polar surface area (TPSA) is 34.1 Å². The first-order valence-electron chi connectivity index (χ1n) is 4.21. The van der Waals surface area contributed by atoms with Gasteiger partial charge in [0.2, 0.25) is 0 Å². The quantitative estimate of drug-likeness (QED) is 0.801. The molecule has 1 aromatic carbocycles. The molecule has 0 atom stereocenters. The van der Waals surface area contributed by atoms with Crippen molar-refractivity contribution < 1.29 is 17.2 Å². The first-order valence-corrected chi connectivity index (χ1v) is 6.98. The van der Waals surface area contributed by atoms with Gasteiger partial charge in [0.15, 0.2) is 9.84 Å². The molecule has 0 radical (unpaired) electrons. The number of benzene rings is 1. The average Bonchev–Trinajstić information content (AvgIpc) is 2.18. The molecule has 0 aromatic heterocycles. The molecule has 0 saturated heterocycles. The van der Waals surface area contributed by atoms with E-state index >= 15 is 0 Å². The molecule has 0 aliphatic carbocycles. The molecule has 0 aliphatic heterocycles. The zero-order valence-electron chi connectivity index (χ0n) is 7.71. The van der Waals surface area contributed by atoms with Crippen molar-refractivity contribution in [1.82, 2.24) is 0 Å². The minimum atomic E-state index is -3.72. The van der Waals surface area contributed by atoms with Crippen LogP contribution >= 0.6 is 15.9 Å². The second kappa shape index (κ2) is 5.03. The lowest BCUT2D eigenvalue weighted by Crippen LogP contribution is -2.09. The fraction of sp³-hybridized carbons (Fsp3) is 0.333. The van der Waals surface area contributed by atoms with E-state index in [0.29, 0.717) is 17.8 Å². The van der Waals surface area contributed by atoms with Gasteiger partial charge in [-0.05, 0) is 24.6 Å². The van der Waals surface area contributed by atoms with Gasteiger partial charge >= 0.3 is 0 Å². The molecule has 6 heteroatoms. The van der Waals surface area contributed by atoms with Crippen molar-refractivity contribution >= 4 is 25.8 Å². The largest absolute Gasteiger partial charge is 0.224 e. The normalized spacial score (nSPS) is 11.7. The second-order valence-electron chi connectivity index (χ2n) is 2.94. The van der Waals surface area contributed by atoms with Crippen LogP contribution in [-0.4, -0.2) is 19.5 Å². The fourth-order valence-corrected chi connectivity index (χ4v) is 3.12. The Morgan fingerprint density at radius 3 is 2.53 bits per heavy atom. The number of hydrogen-bond donors (Lipinski definition) is 0. The number of rotatable bonds is 4. The predicted molar refractivity (Wildman–Crippen MR) is 56.8 cm³/mol. The highest BCUT2D eigenvalue weighted by atomic mass is 79.9. The third kappa shape index (κ3) is 3.24. The predicted octanol–water partition coefficient (Wildman–Crippen LogP) is 2.52. The second-order valence-corrected chi connectivity index (χ2v) is 5.81. The minimum Gasteiger partial charge on any atom is -0.224 e. The van der Waals surface area contributed by atoms with Gasteiger partial charge in [0.05, 0.1) is 5.75 Å². The van der Waals surface area contributed by atoms with Crippen molar-refractivity contribution in [2.75, 3.05) is 11.1 Å². The summed E-state index contributed by atoms with van der Waals surface area (Å²) >= 11 is 3.08. The highest BCUT2D eigenvalue weighted by Gasteiger charge is 2.19. The summed E-state index contributed by atoms with van der Waals surface area (Å²) in [7, 11) is -3.72. The SMILES string of the molecule is O=S(=O)(CCCBr)c1cc(F)ccc1F. The van der Waals surface area contributed by atoms with E-state index in [1.165, 1.54) is 0 Å². The molecule has 1 aromatic rings. The molecular weight excluding hydrogens is 290 g/mol. The minimum absolute atomic E-state index is 0.196. The van der Waals surface area contributed by atoms with Gasteiger partial charge in [0.1, 0.15) is 16.5 Å². The zero-order chi connectivity index (χ0) is 11.5. The standard InChI is InChI=1S/C9H9BrF2O2S/c10-4-1-5-15(13,14)9-6-7(11)2-3-8(9)12/h2-3,6H,1,4-5H2. The zero-order valence-corrected chi connectivity index (χ0v) is 10.1. The molecule has 0 amide bonds. The fourth-order valence-electron chi connectivity index (χ4n) is 1.07. The first kappa shape index (κ1) is 12.6. The number of sulfone groups is 1. The first-order chi connectivity index (χ1) is 6.97. The van der Waals surface area contributed by atoms with E-state index < -0.39 is 26.4 Å². The number of alkyl halides is 1. The summed E-state index contributed by atoms with van der Waals surface area (Å²) in [5, 5.41) is 0.503. The Morgan fingerprint density at radius 1 is 1.27 bits per heavy atom. The summed E-state index contributed by atoms with van der Waals surface area (Å²) in [5.74, 6) is -1.86. The summed E-state index contributed by atoms with van der Waals surface area (Å²) in [6, 6.07) is 2.41. The van der Waals surface area contributed by atoms with Crippen molar-refractivity contribution in [2.45, 2.75) is 11.3 Å². The van der Waals surface area contributed by atoms with Crippen LogP contribution in [0.4, 0.5) is 8.78 Å². The third-order valence-corrected chi connectivity index (χ3v) is 4.14. The lowest BCUT2D eigenvalue weighted by Gasteiger charge is -2.04. The molecule has 0 heterocycles. The summed E-state index contributed by atoms with van der Waals surface area (Å²) < 4.78 is 49.0. The van der Waals surface area contributed by atoms with E-state index in [9.17, 15) is 17.2 Å². The lowest BCUT2D eigenvalue weighted by atomic mass is 10.3. The maximum atomic E-state index is 13.1. The van der Waals surface area contributed by atoms with Gasteiger partial charge in [0, 0.05) is 5.33 Å². The van der Waals surface area contributed by atoms with Gasteiger partial charge in [-0.1, -0.05) is 15.9 Å². The van der Waals surface area contributed by atoms with Gasteiger partial charge in [-0.2, -0.15) is 0 Å². The monoisotopic (exact) mass is 298 g/mol. The molecule has 2 nitrogen and oxygen atoms in total. The van der Waals surface area contributed by atoms with Gasteiger partial charge in [0.25, 0.3) is 0 Å². The van der Waals surface area contributed by atoms with Crippen LogP contribution in [-0.2, 0) is 9.84 Å². The van der Waals surface area contributed by atoms with Gasteiger partial charge < -0.3 is 0 Å². The number of hydrogen-bond acceptors (Lipinski definition) is 2. The van der Waals surface area contributed by atoms with E-state index in [2.05, 4.69) is 15.9 Å². The maximum Gasteiger partial charge on any atom is 0.181 e.